The molecular formula is C26H31N7OS. The van der Waals surface area contributed by atoms with Crippen LogP contribution in [0.15, 0.2) is 42.6 Å². The van der Waals surface area contributed by atoms with Gasteiger partial charge in [-0.2, -0.15) is 0 Å². The van der Waals surface area contributed by atoms with Gasteiger partial charge in [0.2, 0.25) is 0 Å². The van der Waals surface area contributed by atoms with Gasteiger partial charge >= 0.3 is 0 Å². The number of pyridine rings is 1. The summed E-state index contributed by atoms with van der Waals surface area (Å²) in [6.45, 7) is 4.03. The number of piperidine rings is 2. The number of aromatic nitrogens is 4. The molecular weight excluding hydrogens is 458 g/mol. The van der Waals surface area contributed by atoms with Gasteiger partial charge in [0.15, 0.2) is 0 Å². The van der Waals surface area contributed by atoms with E-state index in [2.05, 4.69) is 61.4 Å². The lowest BCUT2D eigenvalue weighted by Gasteiger charge is -2.47. The number of hydrogen-bond acceptors (Lipinski definition) is 8. The Hall–Kier alpha value is -2.78. The molecule has 5 aliphatic rings. The Balaban J connectivity index is 1.17. The highest BCUT2D eigenvalue weighted by Crippen LogP contribution is 2.54. The SMILES string of the molecule is CSNc1ccc(-n2cc(-c3cccc(N4CC5CC(C4)O5)n3)nn2)c(N2CCC3(CC2)CC3)c1. The Morgan fingerprint density at radius 2 is 1.77 bits per heavy atom. The third kappa shape index (κ3) is 4.04. The van der Waals surface area contributed by atoms with Gasteiger partial charge in [-0.25, -0.2) is 9.67 Å². The molecule has 6 heterocycles. The Labute approximate surface area is 210 Å². The molecule has 9 heteroatoms. The van der Waals surface area contributed by atoms with Crippen LogP contribution in [0.1, 0.15) is 32.1 Å². The highest BCUT2D eigenvalue weighted by molar-refractivity contribution is 7.99. The molecule has 8 rings (SSSR count). The van der Waals surface area contributed by atoms with E-state index in [0.717, 1.165) is 54.8 Å². The summed E-state index contributed by atoms with van der Waals surface area (Å²) in [4.78, 5) is 9.78. The van der Waals surface area contributed by atoms with Gasteiger partial charge in [-0.3, -0.25) is 0 Å². The third-order valence-corrected chi connectivity index (χ3v) is 8.58. The molecule has 1 saturated carbocycles. The van der Waals surface area contributed by atoms with Gasteiger partial charge in [0.05, 0.1) is 35.5 Å². The van der Waals surface area contributed by atoms with E-state index in [9.17, 15) is 0 Å². The summed E-state index contributed by atoms with van der Waals surface area (Å²) in [6.07, 6.45) is 11.3. The van der Waals surface area contributed by atoms with Crippen molar-refractivity contribution < 1.29 is 4.74 Å². The smallest absolute Gasteiger partial charge is 0.131 e. The first-order chi connectivity index (χ1) is 17.2. The lowest BCUT2D eigenvalue weighted by atomic mass is 9.93. The van der Waals surface area contributed by atoms with Gasteiger partial charge in [0.25, 0.3) is 0 Å². The molecule has 8 nitrogen and oxygen atoms in total. The Kier molecular flexibility index (Phi) is 5.17. The highest BCUT2D eigenvalue weighted by atomic mass is 32.2. The second-order valence-electron chi connectivity index (χ2n) is 10.4. The number of morpholine rings is 1. The van der Waals surface area contributed by atoms with Crippen LogP contribution in [-0.2, 0) is 4.74 Å². The zero-order valence-corrected chi connectivity index (χ0v) is 20.9. The van der Waals surface area contributed by atoms with Crippen molar-refractivity contribution in [2.75, 3.05) is 47.0 Å². The topological polar surface area (TPSA) is 71.3 Å². The van der Waals surface area contributed by atoms with Crippen LogP contribution >= 0.6 is 11.9 Å². The number of anilines is 3. The predicted molar refractivity (Wildman–Crippen MR) is 140 cm³/mol. The van der Waals surface area contributed by atoms with Crippen LogP contribution in [0.25, 0.3) is 17.1 Å². The largest absolute Gasteiger partial charge is 0.371 e. The molecule has 1 spiro atoms. The first-order valence-corrected chi connectivity index (χ1v) is 13.9. The first kappa shape index (κ1) is 21.5. The quantitative estimate of drug-likeness (QED) is 0.512. The highest BCUT2D eigenvalue weighted by Gasteiger charge is 2.44. The number of nitrogens with one attached hydrogen (secondary N) is 1. The van der Waals surface area contributed by atoms with Crippen molar-refractivity contribution in [1.82, 2.24) is 20.0 Å². The van der Waals surface area contributed by atoms with Crippen LogP contribution in [0.3, 0.4) is 0 Å². The van der Waals surface area contributed by atoms with Crippen LogP contribution in [0, 0.1) is 5.41 Å². The number of fused-ring (bicyclic) bond motifs is 2. The number of hydrogen-bond donors (Lipinski definition) is 1. The van der Waals surface area contributed by atoms with Gasteiger partial charge in [-0.05, 0) is 61.4 Å². The average Bonchev–Trinajstić information content (AvgIpc) is 3.45. The van der Waals surface area contributed by atoms with Crippen LogP contribution < -0.4 is 14.5 Å². The molecule has 3 aromatic rings. The molecule has 1 aromatic carbocycles. The van der Waals surface area contributed by atoms with Crippen LogP contribution in [0.4, 0.5) is 17.2 Å². The normalized spacial score (nSPS) is 24.4. The number of benzene rings is 1. The van der Waals surface area contributed by atoms with E-state index in [1.54, 1.807) is 11.9 Å². The fourth-order valence-corrected chi connectivity index (χ4v) is 6.20. The second-order valence-corrected chi connectivity index (χ2v) is 11.1. The minimum Gasteiger partial charge on any atom is -0.371 e. The molecule has 2 unspecified atom stereocenters. The molecule has 4 aliphatic heterocycles. The maximum absolute atomic E-state index is 5.79. The zero-order chi connectivity index (χ0) is 23.4. The Morgan fingerprint density at radius 3 is 2.51 bits per heavy atom. The van der Waals surface area contributed by atoms with E-state index in [1.807, 2.05) is 16.9 Å². The monoisotopic (exact) mass is 489 g/mol. The lowest BCUT2D eigenvalue weighted by Crippen LogP contribution is -2.57. The molecule has 1 N–H and O–H groups in total. The molecule has 2 aromatic heterocycles. The first-order valence-electron chi connectivity index (χ1n) is 12.7. The molecule has 0 amide bonds. The van der Waals surface area contributed by atoms with E-state index < -0.39 is 0 Å². The maximum Gasteiger partial charge on any atom is 0.131 e. The fourth-order valence-electron chi connectivity index (χ4n) is 5.83. The zero-order valence-electron chi connectivity index (χ0n) is 20.1. The molecule has 4 saturated heterocycles. The van der Waals surface area contributed by atoms with E-state index in [-0.39, 0.29) is 0 Å². The van der Waals surface area contributed by atoms with E-state index in [0.29, 0.717) is 17.6 Å². The van der Waals surface area contributed by atoms with E-state index in [1.165, 1.54) is 37.8 Å². The molecule has 2 bridgehead atoms. The van der Waals surface area contributed by atoms with Crippen molar-refractivity contribution in [3.8, 4) is 17.1 Å². The summed E-state index contributed by atoms with van der Waals surface area (Å²) in [7, 11) is 0. The molecule has 2 atom stereocenters. The summed E-state index contributed by atoms with van der Waals surface area (Å²) < 4.78 is 11.1. The fraction of sp³-hybridized carbons (Fsp3) is 0.500. The van der Waals surface area contributed by atoms with Crippen LogP contribution in [0.5, 0.6) is 0 Å². The molecule has 0 radical (unpaired) electrons. The summed E-state index contributed by atoms with van der Waals surface area (Å²) in [6, 6.07) is 12.7. The van der Waals surface area contributed by atoms with Gasteiger partial charge in [-0.15, -0.1) is 5.10 Å². The van der Waals surface area contributed by atoms with Gasteiger partial charge in [0.1, 0.15) is 11.5 Å². The van der Waals surface area contributed by atoms with Crippen molar-refractivity contribution in [3.63, 3.8) is 0 Å². The lowest BCUT2D eigenvalue weighted by molar-refractivity contribution is -0.133. The minimum absolute atomic E-state index is 0.353. The van der Waals surface area contributed by atoms with Crippen molar-refractivity contribution in [2.45, 2.75) is 44.3 Å². The van der Waals surface area contributed by atoms with Crippen LogP contribution in [-0.4, -0.2) is 64.6 Å². The number of rotatable bonds is 6. The average molecular weight is 490 g/mol. The van der Waals surface area contributed by atoms with E-state index >= 15 is 0 Å². The standard InChI is InChI=1S/C26H31N7OS/c1-35-29-18-5-6-23(24(13-18)31-11-9-26(7-8-26)10-12-31)33-17-22(28-30-33)21-3-2-4-25(27-21)32-15-19-14-20(16-32)34-19/h2-6,13,17,19-20,29H,7-12,14-16H2,1H3. The van der Waals surface area contributed by atoms with Gasteiger partial charge in [0, 0.05) is 44.5 Å². The maximum atomic E-state index is 5.79. The van der Waals surface area contributed by atoms with Crippen LogP contribution in [0.2, 0.25) is 0 Å². The van der Waals surface area contributed by atoms with Crippen molar-refractivity contribution >= 4 is 29.1 Å². The molecule has 35 heavy (non-hydrogen) atoms. The summed E-state index contributed by atoms with van der Waals surface area (Å²) in [5.41, 5.74) is 5.67. The van der Waals surface area contributed by atoms with Gasteiger partial charge in [-0.1, -0.05) is 23.2 Å². The molecule has 1 aliphatic carbocycles. The number of ether oxygens (including phenoxy) is 1. The summed E-state index contributed by atoms with van der Waals surface area (Å²) in [5, 5.41) is 9.06. The number of nitrogens with zero attached hydrogens (tertiary/aromatic N) is 6. The predicted octanol–water partition coefficient (Wildman–Crippen LogP) is 4.38. The third-order valence-electron chi connectivity index (χ3n) is 8.14. The van der Waals surface area contributed by atoms with Crippen molar-refractivity contribution in [2.24, 2.45) is 5.41 Å². The van der Waals surface area contributed by atoms with Gasteiger partial charge < -0.3 is 19.3 Å². The Morgan fingerprint density at radius 1 is 0.971 bits per heavy atom. The van der Waals surface area contributed by atoms with E-state index in [4.69, 9.17) is 9.72 Å². The summed E-state index contributed by atoms with van der Waals surface area (Å²) in [5.74, 6) is 0.991. The summed E-state index contributed by atoms with van der Waals surface area (Å²) >= 11 is 1.62. The molecule has 5 fully saturated rings. The molecule has 182 valence electrons. The van der Waals surface area contributed by atoms with Crippen molar-refractivity contribution in [1.29, 1.82) is 0 Å². The Bertz CT molecular complexity index is 1220. The minimum atomic E-state index is 0.353. The second kappa shape index (κ2) is 8.41. The van der Waals surface area contributed by atoms with Crippen molar-refractivity contribution in [3.05, 3.63) is 42.6 Å².